The topological polar surface area (TPSA) is 80.0 Å². The van der Waals surface area contributed by atoms with Crippen molar-refractivity contribution in [3.05, 3.63) is 48.0 Å². The molecular formula is C15H20N4O2. The number of benzene rings is 1. The molecule has 0 spiro atoms. The van der Waals surface area contributed by atoms with Crippen molar-refractivity contribution in [1.82, 2.24) is 20.1 Å². The number of aliphatic hydroxyl groups is 1. The molecule has 1 amide bonds. The van der Waals surface area contributed by atoms with Crippen LogP contribution in [0.1, 0.15) is 24.0 Å². The Hall–Kier alpha value is -2.21. The van der Waals surface area contributed by atoms with E-state index in [1.165, 1.54) is 6.33 Å². The van der Waals surface area contributed by atoms with Gasteiger partial charge in [0.1, 0.15) is 12.7 Å². The van der Waals surface area contributed by atoms with Crippen LogP contribution in [-0.4, -0.2) is 32.3 Å². The highest BCUT2D eigenvalue weighted by atomic mass is 16.3. The summed E-state index contributed by atoms with van der Waals surface area (Å²) in [7, 11) is 0. The number of hydrogen-bond donors (Lipinski definition) is 2. The van der Waals surface area contributed by atoms with Gasteiger partial charge >= 0.3 is 0 Å². The Bertz CT molecular complexity index is 537. The van der Waals surface area contributed by atoms with Crippen LogP contribution in [0.4, 0.5) is 0 Å². The Morgan fingerprint density at radius 3 is 2.67 bits per heavy atom. The lowest BCUT2D eigenvalue weighted by Crippen LogP contribution is -2.25. The van der Waals surface area contributed by atoms with Gasteiger partial charge in [-0.05, 0) is 24.0 Å². The quantitative estimate of drug-likeness (QED) is 0.756. The van der Waals surface area contributed by atoms with Crippen molar-refractivity contribution in [2.45, 2.75) is 32.4 Å². The van der Waals surface area contributed by atoms with E-state index in [2.05, 4.69) is 15.4 Å². The van der Waals surface area contributed by atoms with E-state index in [0.29, 0.717) is 19.5 Å². The number of aromatic nitrogens is 3. The number of aryl methyl sites for hydroxylation is 1. The SMILES string of the molecule is O=C(CCCn1cncn1)NCCc1ccc(CO)cc1. The first-order chi connectivity index (χ1) is 10.3. The molecule has 0 aliphatic rings. The first-order valence-corrected chi connectivity index (χ1v) is 7.05. The number of carbonyl (C=O) groups is 1. The average Bonchev–Trinajstić information content (AvgIpc) is 3.01. The summed E-state index contributed by atoms with van der Waals surface area (Å²) >= 11 is 0. The Balaban J connectivity index is 1.60. The standard InChI is InChI=1S/C15H20N4O2/c20-10-14-5-3-13(4-6-14)7-8-17-15(21)2-1-9-19-12-16-11-18-19/h3-6,11-12,20H,1-2,7-10H2,(H,17,21). The van der Waals surface area contributed by atoms with Crippen LogP contribution in [0.3, 0.4) is 0 Å². The third-order valence-electron chi connectivity index (χ3n) is 3.20. The van der Waals surface area contributed by atoms with E-state index in [9.17, 15) is 4.79 Å². The van der Waals surface area contributed by atoms with E-state index < -0.39 is 0 Å². The van der Waals surface area contributed by atoms with Gasteiger partial charge in [-0.2, -0.15) is 5.10 Å². The van der Waals surface area contributed by atoms with Gasteiger partial charge in [0.15, 0.2) is 0 Å². The number of amides is 1. The number of rotatable bonds is 8. The molecule has 2 N–H and O–H groups in total. The molecule has 0 saturated carbocycles. The molecule has 0 radical (unpaired) electrons. The van der Waals surface area contributed by atoms with Crippen LogP contribution in [0.2, 0.25) is 0 Å². The first-order valence-electron chi connectivity index (χ1n) is 7.05. The largest absolute Gasteiger partial charge is 0.392 e. The summed E-state index contributed by atoms with van der Waals surface area (Å²) in [6.07, 6.45) is 5.17. The predicted molar refractivity (Wildman–Crippen MR) is 78.3 cm³/mol. The number of nitrogens with one attached hydrogen (secondary N) is 1. The number of carbonyl (C=O) groups excluding carboxylic acids is 1. The minimum absolute atomic E-state index is 0.0575. The van der Waals surface area contributed by atoms with Crippen LogP contribution in [0, 0.1) is 0 Å². The Morgan fingerprint density at radius 1 is 1.24 bits per heavy atom. The lowest BCUT2D eigenvalue weighted by Gasteiger charge is -2.06. The Kier molecular flexibility index (Phi) is 5.90. The number of nitrogens with zero attached hydrogens (tertiary/aromatic N) is 3. The molecule has 0 fully saturated rings. The molecule has 2 rings (SSSR count). The molecule has 0 aliphatic carbocycles. The summed E-state index contributed by atoms with van der Waals surface area (Å²) in [6.45, 7) is 1.39. The Labute approximate surface area is 123 Å². The summed E-state index contributed by atoms with van der Waals surface area (Å²) in [6, 6.07) is 7.75. The van der Waals surface area contributed by atoms with E-state index in [4.69, 9.17) is 5.11 Å². The molecule has 1 aromatic heterocycles. The second-order valence-electron chi connectivity index (χ2n) is 4.84. The fourth-order valence-electron chi connectivity index (χ4n) is 2.00. The summed E-state index contributed by atoms with van der Waals surface area (Å²) in [4.78, 5) is 15.5. The second kappa shape index (κ2) is 8.16. The summed E-state index contributed by atoms with van der Waals surface area (Å²) in [5.41, 5.74) is 2.05. The predicted octanol–water partition coefficient (Wildman–Crippen LogP) is 0.909. The lowest BCUT2D eigenvalue weighted by molar-refractivity contribution is -0.121. The third kappa shape index (κ3) is 5.35. The maximum Gasteiger partial charge on any atom is 0.220 e. The highest BCUT2D eigenvalue weighted by Gasteiger charge is 2.02. The molecule has 0 aliphatic heterocycles. The van der Waals surface area contributed by atoms with E-state index >= 15 is 0 Å². The highest BCUT2D eigenvalue weighted by molar-refractivity contribution is 5.75. The van der Waals surface area contributed by atoms with E-state index in [-0.39, 0.29) is 12.5 Å². The molecule has 1 heterocycles. The zero-order chi connectivity index (χ0) is 14.9. The molecule has 0 unspecified atom stereocenters. The second-order valence-corrected chi connectivity index (χ2v) is 4.84. The molecule has 0 saturated heterocycles. The van der Waals surface area contributed by atoms with Crippen molar-refractivity contribution in [2.75, 3.05) is 6.54 Å². The van der Waals surface area contributed by atoms with Gasteiger partial charge in [-0.15, -0.1) is 0 Å². The molecule has 21 heavy (non-hydrogen) atoms. The molecular weight excluding hydrogens is 268 g/mol. The van der Waals surface area contributed by atoms with Crippen molar-refractivity contribution in [2.24, 2.45) is 0 Å². The normalized spacial score (nSPS) is 10.5. The van der Waals surface area contributed by atoms with Crippen LogP contribution in [0.5, 0.6) is 0 Å². The maximum atomic E-state index is 11.7. The van der Waals surface area contributed by atoms with Crippen LogP contribution < -0.4 is 5.32 Å². The van der Waals surface area contributed by atoms with Gasteiger partial charge in [-0.1, -0.05) is 24.3 Å². The van der Waals surface area contributed by atoms with E-state index in [1.807, 2.05) is 24.3 Å². The minimum atomic E-state index is 0.0575. The van der Waals surface area contributed by atoms with Gasteiger partial charge in [0.2, 0.25) is 5.91 Å². The monoisotopic (exact) mass is 288 g/mol. The molecule has 0 atom stereocenters. The maximum absolute atomic E-state index is 11.7. The van der Waals surface area contributed by atoms with Crippen LogP contribution in [-0.2, 0) is 24.4 Å². The van der Waals surface area contributed by atoms with Crippen molar-refractivity contribution < 1.29 is 9.90 Å². The van der Waals surface area contributed by atoms with Crippen molar-refractivity contribution in [3.63, 3.8) is 0 Å². The van der Waals surface area contributed by atoms with Crippen LogP contribution >= 0.6 is 0 Å². The number of aliphatic hydroxyl groups excluding tert-OH is 1. The van der Waals surface area contributed by atoms with Crippen LogP contribution in [0.25, 0.3) is 0 Å². The lowest BCUT2D eigenvalue weighted by atomic mass is 10.1. The highest BCUT2D eigenvalue weighted by Crippen LogP contribution is 2.04. The van der Waals surface area contributed by atoms with Crippen LogP contribution in [0.15, 0.2) is 36.9 Å². The van der Waals surface area contributed by atoms with Crippen molar-refractivity contribution in [3.8, 4) is 0 Å². The van der Waals surface area contributed by atoms with Crippen molar-refractivity contribution >= 4 is 5.91 Å². The fraction of sp³-hybridized carbons (Fsp3) is 0.400. The number of hydrogen-bond acceptors (Lipinski definition) is 4. The van der Waals surface area contributed by atoms with Gasteiger partial charge in [0, 0.05) is 19.5 Å². The molecule has 6 heteroatoms. The minimum Gasteiger partial charge on any atom is -0.392 e. The molecule has 0 bridgehead atoms. The molecule has 112 valence electrons. The van der Waals surface area contributed by atoms with Gasteiger partial charge in [0.05, 0.1) is 6.61 Å². The van der Waals surface area contributed by atoms with E-state index in [1.54, 1.807) is 11.0 Å². The fourth-order valence-corrected chi connectivity index (χ4v) is 2.00. The summed E-state index contributed by atoms with van der Waals surface area (Å²) in [5, 5.41) is 15.9. The molecule has 1 aromatic carbocycles. The smallest absolute Gasteiger partial charge is 0.220 e. The summed E-state index contributed by atoms with van der Waals surface area (Å²) < 4.78 is 1.72. The average molecular weight is 288 g/mol. The molecule has 2 aromatic rings. The molecule has 6 nitrogen and oxygen atoms in total. The van der Waals surface area contributed by atoms with Crippen molar-refractivity contribution in [1.29, 1.82) is 0 Å². The first kappa shape index (κ1) is 15.2. The van der Waals surface area contributed by atoms with Gasteiger partial charge in [0.25, 0.3) is 0 Å². The van der Waals surface area contributed by atoms with Gasteiger partial charge in [-0.25, -0.2) is 4.98 Å². The Morgan fingerprint density at radius 2 is 2.00 bits per heavy atom. The van der Waals surface area contributed by atoms with E-state index in [0.717, 1.165) is 24.0 Å². The van der Waals surface area contributed by atoms with Gasteiger partial charge < -0.3 is 10.4 Å². The summed E-state index contributed by atoms with van der Waals surface area (Å²) in [5.74, 6) is 0.0575. The zero-order valence-electron chi connectivity index (χ0n) is 11.9. The van der Waals surface area contributed by atoms with Gasteiger partial charge in [-0.3, -0.25) is 9.48 Å². The third-order valence-corrected chi connectivity index (χ3v) is 3.20. The zero-order valence-corrected chi connectivity index (χ0v) is 11.9.